The third-order valence-electron chi connectivity index (χ3n) is 2.27. The third kappa shape index (κ3) is 1.64. The standard InChI is InChI=1S/C12H11BrS/c1-8-11(13)9(2)14-12(8)10-6-4-3-5-7-10/h3-7H,1-2H3. The molecule has 0 saturated carbocycles. The predicted molar refractivity (Wildman–Crippen MR) is 66.9 cm³/mol. The summed E-state index contributed by atoms with van der Waals surface area (Å²) in [6.45, 7) is 4.31. The van der Waals surface area contributed by atoms with E-state index in [1.807, 2.05) is 17.4 Å². The monoisotopic (exact) mass is 266 g/mol. The van der Waals surface area contributed by atoms with Crippen LogP contribution in [0.4, 0.5) is 0 Å². The Hall–Kier alpha value is -0.600. The van der Waals surface area contributed by atoms with Crippen molar-refractivity contribution < 1.29 is 0 Å². The van der Waals surface area contributed by atoms with Gasteiger partial charge in [0.05, 0.1) is 0 Å². The molecule has 0 nitrogen and oxygen atoms in total. The van der Waals surface area contributed by atoms with E-state index in [1.165, 1.54) is 25.4 Å². The quantitative estimate of drug-likeness (QED) is 0.696. The normalized spacial score (nSPS) is 10.5. The molecule has 0 fully saturated rings. The van der Waals surface area contributed by atoms with Gasteiger partial charge in [0.25, 0.3) is 0 Å². The molecule has 0 aliphatic heterocycles. The number of hydrogen-bond donors (Lipinski definition) is 0. The zero-order chi connectivity index (χ0) is 10.1. The van der Waals surface area contributed by atoms with Gasteiger partial charge >= 0.3 is 0 Å². The lowest BCUT2D eigenvalue weighted by Gasteiger charge is -1.98. The highest BCUT2D eigenvalue weighted by molar-refractivity contribution is 9.10. The van der Waals surface area contributed by atoms with Gasteiger partial charge in [-0.3, -0.25) is 0 Å². The number of aryl methyl sites for hydroxylation is 1. The molecule has 72 valence electrons. The molecule has 2 heteroatoms. The van der Waals surface area contributed by atoms with Gasteiger partial charge in [-0.2, -0.15) is 0 Å². The fourth-order valence-corrected chi connectivity index (χ4v) is 3.13. The lowest BCUT2D eigenvalue weighted by atomic mass is 10.1. The summed E-state index contributed by atoms with van der Waals surface area (Å²) < 4.78 is 1.25. The Labute approximate surface area is 96.7 Å². The van der Waals surface area contributed by atoms with E-state index < -0.39 is 0 Å². The van der Waals surface area contributed by atoms with Gasteiger partial charge in [-0.25, -0.2) is 0 Å². The highest BCUT2D eigenvalue weighted by Gasteiger charge is 2.10. The van der Waals surface area contributed by atoms with Gasteiger partial charge in [0.15, 0.2) is 0 Å². The average molecular weight is 267 g/mol. The summed E-state index contributed by atoms with van der Waals surface area (Å²) in [6, 6.07) is 10.5. The fourth-order valence-electron chi connectivity index (χ4n) is 1.50. The van der Waals surface area contributed by atoms with Gasteiger partial charge in [0.2, 0.25) is 0 Å². The second-order valence-corrected chi connectivity index (χ2v) is 5.31. The molecule has 14 heavy (non-hydrogen) atoms. The molecule has 2 rings (SSSR count). The van der Waals surface area contributed by atoms with Gasteiger partial charge in [0, 0.05) is 14.2 Å². The Kier molecular flexibility index (Phi) is 2.75. The molecule has 1 aromatic heterocycles. The van der Waals surface area contributed by atoms with E-state index in [4.69, 9.17) is 0 Å². The Balaban J connectivity index is 2.58. The molecule has 2 aromatic rings. The van der Waals surface area contributed by atoms with Crippen molar-refractivity contribution in [3.05, 3.63) is 45.2 Å². The molecule has 0 unspecified atom stereocenters. The number of hydrogen-bond acceptors (Lipinski definition) is 1. The summed E-state index contributed by atoms with van der Waals surface area (Å²) in [5, 5.41) is 0. The van der Waals surface area contributed by atoms with E-state index in [0.717, 1.165) is 0 Å². The first kappa shape index (κ1) is 9.94. The van der Waals surface area contributed by atoms with Crippen molar-refractivity contribution in [3.63, 3.8) is 0 Å². The summed E-state index contributed by atoms with van der Waals surface area (Å²) in [4.78, 5) is 2.72. The molecule has 0 N–H and O–H groups in total. The van der Waals surface area contributed by atoms with Crippen molar-refractivity contribution in [2.24, 2.45) is 0 Å². The maximum atomic E-state index is 3.61. The summed E-state index contributed by atoms with van der Waals surface area (Å²) in [5.41, 5.74) is 2.66. The molecule has 0 amide bonds. The molecule has 0 aliphatic carbocycles. The highest BCUT2D eigenvalue weighted by atomic mass is 79.9. The van der Waals surface area contributed by atoms with E-state index >= 15 is 0 Å². The van der Waals surface area contributed by atoms with Crippen molar-refractivity contribution in [3.8, 4) is 10.4 Å². The summed E-state index contributed by atoms with van der Waals surface area (Å²) in [6.07, 6.45) is 0. The minimum absolute atomic E-state index is 1.25. The number of rotatable bonds is 1. The summed E-state index contributed by atoms with van der Waals surface area (Å²) in [7, 11) is 0. The summed E-state index contributed by atoms with van der Waals surface area (Å²) >= 11 is 5.45. The molecule has 0 atom stereocenters. The van der Waals surface area contributed by atoms with Crippen molar-refractivity contribution in [1.82, 2.24) is 0 Å². The maximum absolute atomic E-state index is 3.61. The van der Waals surface area contributed by atoms with Crippen LogP contribution < -0.4 is 0 Å². The molecule has 0 saturated heterocycles. The number of halogens is 1. The number of benzene rings is 1. The van der Waals surface area contributed by atoms with Crippen LogP contribution in [-0.4, -0.2) is 0 Å². The minimum Gasteiger partial charge on any atom is -0.139 e. The van der Waals surface area contributed by atoms with Crippen LogP contribution in [0.1, 0.15) is 10.4 Å². The van der Waals surface area contributed by atoms with Gasteiger partial charge in [-0.05, 0) is 40.9 Å². The molecule has 1 heterocycles. The Bertz CT molecular complexity index is 443. The van der Waals surface area contributed by atoms with E-state index in [-0.39, 0.29) is 0 Å². The third-order valence-corrected chi connectivity index (χ3v) is 4.98. The molecule has 0 radical (unpaired) electrons. The summed E-state index contributed by atoms with van der Waals surface area (Å²) in [5.74, 6) is 0. The van der Waals surface area contributed by atoms with Crippen LogP contribution in [-0.2, 0) is 0 Å². The Morgan fingerprint density at radius 3 is 2.21 bits per heavy atom. The topological polar surface area (TPSA) is 0 Å². The van der Waals surface area contributed by atoms with Gasteiger partial charge in [-0.1, -0.05) is 30.3 Å². The van der Waals surface area contributed by atoms with Crippen molar-refractivity contribution in [2.75, 3.05) is 0 Å². The molecule has 1 aromatic carbocycles. The smallest absolute Gasteiger partial charge is 0.0386 e. The van der Waals surface area contributed by atoms with Crippen LogP contribution >= 0.6 is 27.3 Å². The van der Waals surface area contributed by atoms with Crippen LogP contribution in [0.3, 0.4) is 0 Å². The SMILES string of the molecule is Cc1sc(-c2ccccc2)c(C)c1Br. The molecule has 0 bridgehead atoms. The van der Waals surface area contributed by atoms with Crippen molar-refractivity contribution >= 4 is 27.3 Å². The van der Waals surface area contributed by atoms with Crippen LogP contribution in [0.5, 0.6) is 0 Å². The predicted octanol–water partition coefficient (Wildman–Crippen LogP) is 4.79. The van der Waals surface area contributed by atoms with Crippen molar-refractivity contribution in [1.29, 1.82) is 0 Å². The van der Waals surface area contributed by atoms with Gasteiger partial charge < -0.3 is 0 Å². The van der Waals surface area contributed by atoms with Crippen LogP contribution in [0.15, 0.2) is 34.8 Å². The van der Waals surface area contributed by atoms with Crippen LogP contribution in [0.2, 0.25) is 0 Å². The zero-order valence-electron chi connectivity index (χ0n) is 8.17. The second kappa shape index (κ2) is 3.87. The van der Waals surface area contributed by atoms with E-state index in [1.54, 1.807) is 0 Å². The Morgan fingerprint density at radius 1 is 1.07 bits per heavy atom. The zero-order valence-corrected chi connectivity index (χ0v) is 10.6. The molecular formula is C12H11BrS. The van der Waals surface area contributed by atoms with E-state index in [2.05, 4.69) is 54.0 Å². The van der Waals surface area contributed by atoms with E-state index in [9.17, 15) is 0 Å². The average Bonchev–Trinajstić information content (AvgIpc) is 2.47. The number of thiophene rings is 1. The lowest BCUT2D eigenvalue weighted by Crippen LogP contribution is -1.74. The first-order valence-electron chi connectivity index (χ1n) is 4.51. The largest absolute Gasteiger partial charge is 0.139 e. The maximum Gasteiger partial charge on any atom is 0.0386 e. The molecule has 0 spiro atoms. The molecular weight excluding hydrogens is 256 g/mol. The Morgan fingerprint density at radius 2 is 1.71 bits per heavy atom. The minimum atomic E-state index is 1.25. The molecule has 0 aliphatic rings. The fraction of sp³-hybridized carbons (Fsp3) is 0.167. The highest BCUT2D eigenvalue weighted by Crippen LogP contribution is 2.38. The first-order chi connectivity index (χ1) is 6.70. The van der Waals surface area contributed by atoms with Gasteiger partial charge in [0.1, 0.15) is 0 Å². The van der Waals surface area contributed by atoms with Gasteiger partial charge in [-0.15, -0.1) is 11.3 Å². The van der Waals surface area contributed by atoms with Crippen LogP contribution in [0, 0.1) is 13.8 Å². The van der Waals surface area contributed by atoms with Crippen molar-refractivity contribution in [2.45, 2.75) is 13.8 Å². The van der Waals surface area contributed by atoms with E-state index in [0.29, 0.717) is 0 Å². The first-order valence-corrected chi connectivity index (χ1v) is 6.12. The van der Waals surface area contributed by atoms with Crippen LogP contribution in [0.25, 0.3) is 10.4 Å². The lowest BCUT2D eigenvalue weighted by molar-refractivity contribution is 1.45. The second-order valence-electron chi connectivity index (χ2n) is 3.29.